The van der Waals surface area contributed by atoms with Crippen molar-refractivity contribution in [1.82, 2.24) is 14.5 Å². The highest BCUT2D eigenvalue weighted by molar-refractivity contribution is 5.29. The minimum absolute atomic E-state index is 0.299. The highest BCUT2D eigenvalue weighted by Gasteiger charge is 2.11. The van der Waals surface area contributed by atoms with Crippen LogP contribution in [-0.4, -0.2) is 55.4 Å². The highest BCUT2D eigenvalue weighted by Crippen LogP contribution is 2.16. The second-order valence-electron chi connectivity index (χ2n) is 5.00. The third-order valence-electron chi connectivity index (χ3n) is 2.80. The summed E-state index contributed by atoms with van der Waals surface area (Å²) in [4.78, 5) is 6.70. The van der Waals surface area contributed by atoms with E-state index < -0.39 is 0 Å². The van der Waals surface area contributed by atoms with E-state index in [9.17, 15) is 0 Å². The van der Waals surface area contributed by atoms with Gasteiger partial charge in [-0.3, -0.25) is 0 Å². The second kappa shape index (κ2) is 7.38. The molecule has 0 saturated carbocycles. The van der Waals surface area contributed by atoms with Gasteiger partial charge in [0.1, 0.15) is 0 Å². The Balaban J connectivity index is 2.53. The van der Waals surface area contributed by atoms with Crippen molar-refractivity contribution in [3.63, 3.8) is 0 Å². The smallest absolute Gasteiger partial charge is 0.203 e. The maximum atomic E-state index is 5.20. The number of rotatable bonds is 8. The normalized spacial score (nSPS) is 13.0. The lowest BCUT2D eigenvalue weighted by Gasteiger charge is -2.16. The average Bonchev–Trinajstić information content (AvgIpc) is 2.66. The summed E-state index contributed by atoms with van der Waals surface area (Å²) in [6, 6.07) is 0.299. The van der Waals surface area contributed by atoms with Crippen molar-refractivity contribution in [1.29, 1.82) is 0 Å². The lowest BCUT2D eigenvalue weighted by Crippen LogP contribution is -2.19. The number of methoxy groups -OCH3 is 1. The van der Waals surface area contributed by atoms with Crippen molar-refractivity contribution >= 4 is 5.95 Å². The summed E-state index contributed by atoms with van der Waals surface area (Å²) in [5.74, 6) is 0.941. The van der Waals surface area contributed by atoms with Gasteiger partial charge in [-0.15, -0.1) is 0 Å². The van der Waals surface area contributed by atoms with Gasteiger partial charge in [-0.25, -0.2) is 4.98 Å². The number of aryl methyl sites for hydroxylation is 1. The molecule has 104 valence electrons. The van der Waals surface area contributed by atoms with Crippen LogP contribution in [0.5, 0.6) is 0 Å². The molecule has 0 aliphatic heterocycles. The van der Waals surface area contributed by atoms with E-state index in [-0.39, 0.29) is 0 Å². The van der Waals surface area contributed by atoms with Gasteiger partial charge >= 0.3 is 0 Å². The number of anilines is 1. The number of hydrogen-bond donors (Lipinski definition) is 1. The molecular weight excluding hydrogens is 228 g/mol. The van der Waals surface area contributed by atoms with Crippen molar-refractivity contribution < 1.29 is 4.74 Å². The molecule has 0 spiro atoms. The standard InChI is InChI=1S/C13H26N4O/c1-11-9-17(12(2)10-18-5)13(15-11)14-7-6-8-16(3)4/h9,12H,6-8,10H2,1-5H3,(H,14,15). The molecule has 1 aromatic heterocycles. The maximum absolute atomic E-state index is 5.20. The Morgan fingerprint density at radius 1 is 1.50 bits per heavy atom. The first-order valence-corrected chi connectivity index (χ1v) is 6.47. The Labute approximate surface area is 110 Å². The third kappa shape index (κ3) is 4.66. The van der Waals surface area contributed by atoms with E-state index >= 15 is 0 Å². The van der Waals surface area contributed by atoms with Crippen molar-refractivity contribution in [2.24, 2.45) is 0 Å². The van der Waals surface area contributed by atoms with Crippen LogP contribution in [0, 0.1) is 6.92 Å². The molecule has 0 amide bonds. The lowest BCUT2D eigenvalue weighted by molar-refractivity contribution is 0.163. The molecule has 5 heteroatoms. The number of nitrogens with zero attached hydrogens (tertiary/aromatic N) is 3. The van der Waals surface area contributed by atoms with Gasteiger partial charge in [-0.05, 0) is 40.9 Å². The van der Waals surface area contributed by atoms with Crippen molar-refractivity contribution in [2.75, 3.05) is 46.2 Å². The Morgan fingerprint density at radius 2 is 2.22 bits per heavy atom. The predicted molar refractivity (Wildman–Crippen MR) is 75.2 cm³/mol. The minimum atomic E-state index is 0.299. The van der Waals surface area contributed by atoms with E-state index in [2.05, 4.69) is 47.0 Å². The largest absolute Gasteiger partial charge is 0.383 e. The van der Waals surface area contributed by atoms with Crippen LogP contribution in [-0.2, 0) is 4.74 Å². The number of hydrogen-bond acceptors (Lipinski definition) is 4. The first-order chi connectivity index (χ1) is 8.54. The van der Waals surface area contributed by atoms with Crippen LogP contribution in [0.4, 0.5) is 5.95 Å². The van der Waals surface area contributed by atoms with Gasteiger partial charge in [-0.2, -0.15) is 0 Å². The van der Waals surface area contributed by atoms with E-state index in [0.717, 1.165) is 31.2 Å². The molecule has 1 aromatic rings. The molecule has 0 saturated heterocycles. The molecule has 0 aliphatic rings. The van der Waals surface area contributed by atoms with Gasteiger partial charge in [0, 0.05) is 19.9 Å². The molecule has 0 bridgehead atoms. The van der Waals surface area contributed by atoms with Crippen LogP contribution in [0.3, 0.4) is 0 Å². The van der Waals surface area contributed by atoms with E-state index in [0.29, 0.717) is 12.6 Å². The van der Waals surface area contributed by atoms with Gasteiger partial charge in [0.05, 0.1) is 18.3 Å². The van der Waals surface area contributed by atoms with Crippen molar-refractivity contribution in [2.45, 2.75) is 26.3 Å². The summed E-state index contributed by atoms with van der Waals surface area (Å²) in [6.07, 6.45) is 3.18. The van der Waals surface area contributed by atoms with Crippen LogP contribution >= 0.6 is 0 Å². The lowest BCUT2D eigenvalue weighted by atomic mass is 10.3. The van der Waals surface area contributed by atoms with Crippen LogP contribution < -0.4 is 5.32 Å². The van der Waals surface area contributed by atoms with Crippen LogP contribution in [0.1, 0.15) is 25.1 Å². The zero-order chi connectivity index (χ0) is 13.5. The fourth-order valence-electron chi connectivity index (χ4n) is 1.90. The number of imidazole rings is 1. The first kappa shape index (κ1) is 15.0. The van der Waals surface area contributed by atoms with E-state index in [1.54, 1.807) is 7.11 Å². The Bertz CT molecular complexity index is 349. The van der Waals surface area contributed by atoms with Crippen LogP contribution in [0.15, 0.2) is 6.20 Å². The fourth-order valence-corrected chi connectivity index (χ4v) is 1.90. The Kier molecular flexibility index (Phi) is 6.15. The van der Waals surface area contributed by atoms with E-state index in [4.69, 9.17) is 4.74 Å². The second-order valence-corrected chi connectivity index (χ2v) is 5.00. The Morgan fingerprint density at radius 3 is 2.83 bits per heavy atom. The summed E-state index contributed by atoms with van der Waals surface area (Å²) in [5, 5.41) is 3.40. The summed E-state index contributed by atoms with van der Waals surface area (Å²) >= 11 is 0. The zero-order valence-corrected chi connectivity index (χ0v) is 12.2. The predicted octanol–water partition coefficient (Wildman–Crippen LogP) is 1.76. The van der Waals surface area contributed by atoms with E-state index in [1.807, 2.05) is 6.92 Å². The Hall–Kier alpha value is -1.07. The first-order valence-electron chi connectivity index (χ1n) is 6.47. The maximum Gasteiger partial charge on any atom is 0.203 e. The molecule has 1 N–H and O–H groups in total. The topological polar surface area (TPSA) is 42.3 Å². The fraction of sp³-hybridized carbons (Fsp3) is 0.769. The van der Waals surface area contributed by atoms with Gasteiger partial charge in [-0.1, -0.05) is 0 Å². The van der Waals surface area contributed by atoms with Crippen molar-refractivity contribution in [3.05, 3.63) is 11.9 Å². The van der Waals surface area contributed by atoms with E-state index in [1.165, 1.54) is 0 Å². The molecule has 0 aliphatic carbocycles. The van der Waals surface area contributed by atoms with Gasteiger partial charge in [0.2, 0.25) is 5.95 Å². The van der Waals surface area contributed by atoms with Gasteiger partial charge in [0.15, 0.2) is 0 Å². The van der Waals surface area contributed by atoms with Gasteiger partial charge < -0.3 is 19.5 Å². The molecule has 5 nitrogen and oxygen atoms in total. The molecule has 1 heterocycles. The zero-order valence-electron chi connectivity index (χ0n) is 12.2. The highest BCUT2D eigenvalue weighted by atomic mass is 16.5. The summed E-state index contributed by atoms with van der Waals surface area (Å²) in [5.41, 5.74) is 1.04. The molecule has 0 radical (unpaired) electrons. The summed E-state index contributed by atoms with van der Waals surface area (Å²) in [7, 11) is 5.90. The SMILES string of the molecule is COCC(C)n1cc(C)nc1NCCCN(C)C. The minimum Gasteiger partial charge on any atom is -0.383 e. The molecule has 1 unspecified atom stereocenters. The molecular formula is C13H26N4O. The van der Waals surface area contributed by atoms with Crippen molar-refractivity contribution in [3.8, 4) is 0 Å². The van der Waals surface area contributed by atoms with Gasteiger partial charge in [0.25, 0.3) is 0 Å². The molecule has 18 heavy (non-hydrogen) atoms. The average molecular weight is 254 g/mol. The monoisotopic (exact) mass is 254 g/mol. The number of ether oxygens (including phenoxy) is 1. The quantitative estimate of drug-likeness (QED) is 0.718. The number of nitrogens with one attached hydrogen (secondary N) is 1. The summed E-state index contributed by atoms with van der Waals surface area (Å²) < 4.78 is 7.34. The number of aromatic nitrogens is 2. The molecule has 1 atom stereocenters. The molecule has 1 rings (SSSR count). The molecule has 0 aromatic carbocycles. The molecule has 0 fully saturated rings. The van der Waals surface area contributed by atoms with Crippen LogP contribution in [0.2, 0.25) is 0 Å². The summed E-state index contributed by atoms with van der Waals surface area (Å²) in [6.45, 7) is 6.87. The van der Waals surface area contributed by atoms with Crippen LogP contribution in [0.25, 0.3) is 0 Å². The third-order valence-corrected chi connectivity index (χ3v) is 2.80.